The number of carbonyl (C=O) groups is 1. The molecular weight excluding hydrogens is 528 g/mol. The van der Waals surface area contributed by atoms with Crippen LogP contribution >= 0.6 is 45.2 Å². The summed E-state index contributed by atoms with van der Waals surface area (Å²) in [5.41, 5.74) is 8.24. The van der Waals surface area contributed by atoms with Crippen molar-refractivity contribution in [3.8, 4) is 18.1 Å². The predicted molar refractivity (Wildman–Crippen MR) is 100.0 cm³/mol. The first-order chi connectivity index (χ1) is 11.0. The van der Waals surface area contributed by atoms with E-state index in [0.717, 1.165) is 7.14 Å². The van der Waals surface area contributed by atoms with E-state index in [-0.39, 0.29) is 18.1 Å². The Hall–Kier alpha value is -1.88. The Kier molecular flexibility index (Phi) is 6.16. The number of nitrogens with zero attached hydrogens (tertiary/aromatic N) is 3. The Labute approximate surface area is 158 Å². The standard InChI is InChI=1S/C13H9I2N5O3/c1-2-3-22-11-7(4-8(14)5-9(11)15)6-17-18-13(21)10-12(16)20-23-19-10/h1,4-6H,3H2,(H2,16,20)(H,18,21)/b17-6-. The number of rotatable bonds is 5. The van der Waals surface area contributed by atoms with Crippen molar-refractivity contribution in [2.75, 3.05) is 12.3 Å². The van der Waals surface area contributed by atoms with Crippen molar-refractivity contribution in [2.24, 2.45) is 5.10 Å². The maximum absolute atomic E-state index is 11.8. The van der Waals surface area contributed by atoms with Crippen LogP contribution in [-0.2, 0) is 0 Å². The van der Waals surface area contributed by atoms with Gasteiger partial charge in [-0.05, 0) is 67.6 Å². The van der Waals surface area contributed by atoms with Crippen molar-refractivity contribution in [3.63, 3.8) is 0 Å². The Morgan fingerprint density at radius 2 is 2.30 bits per heavy atom. The number of hydrogen-bond donors (Lipinski definition) is 2. The summed E-state index contributed by atoms with van der Waals surface area (Å²) < 4.78 is 11.7. The highest BCUT2D eigenvalue weighted by molar-refractivity contribution is 14.1. The number of anilines is 1. The molecule has 0 bridgehead atoms. The minimum Gasteiger partial charge on any atom is -0.479 e. The Bertz CT molecular complexity index is 797. The molecule has 1 aromatic heterocycles. The van der Waals surface area contributed by atoms with E-state index in [0.29, 0.717) is 11.3 Å². The molecular formula is C13H9I2N5O3. The van der Waals surface area contributed by atoms with Crippen LogP contribution < -0.4 is 15.9 Å². The molecule has 0 fully saturated rings. The fourth-order valence-corrected chi connectivity index (χ4v) is 3.55. The average Bonchev–Trinajstić information content (AvgIpc) is 2.92. The summed E-state index contributed by atoms with van der Waals surface area (Å²) in [5.74, 6) is 2.25. The van der Waals surface area contributed by atoms with Gasteiger partial charge in [-0.3, -0.25) is 4.79 Å². The first-order valence-electron chi connectivity index (χ1n) is 5.99. The number of hydrogen-bond acceptors (Lipinski definition) is 7. The molecule has 8 nitrogen and oxygen atoms in total. The number of benzene rings is 1. The highest BCUT2D eigenvalue weighted by Crippen LogP contribution is 2.27. The fraction of sp³-hybridized carbons (Fsp3) is 0.0769. The first-order valence-corrected chi connectivity index (χ1v) is 8.15. The molecule has 1 amide bonds. The Morgan fingerprint density at radius 1 is 1.52 bits per heavy atom. The molecule has 23 heavy (non-hydrogen) atoms. The molecule has 1 aromatic carbocycles. The highest BCUT2D eigenvalue weighted by atomic mass is 127. The third-order valence-corrected chi connectivity index (χ3v) is 3.86. The van der Waals surface area contributed by atoms with E-state index in [9.17, 15) is 4.79 Å². The molecule has 0 radical (unpaired) electrons. The molecule has 0 saturated heterocycles. The zero-order valence-electron chi connectivity index (χ0n) is 11.4. The van der Waals surface area contributed by atoms with Crippen LogP contribution in [0.3, 0.4) is 0 Å². The van der Waals surface area contributed by atoms with Crippen LogP contribution in [0.25, 0.3) is 0 Å². The molecule has 10 heteroatoms. The summed E-state index contributed by atoms with van der Waals surface area (Å²) in [5, 5.41) is 10.6. The van der Waals surface area contributed by atoms with Crippen molar-refractivity contribution in [3.05, 3.63) is 30.5 Å². The molecule has 0 spiro atoms. The van der Waals surface area contributed by atoms with Gasteiger partial charge in [0.15, 0.2) is 0 Å². The van der Waals surface area contributed by atoms with Gasteiger partial charge in [-0.15, -0.1) is 6.42 Å². The second-order valence-corrected chi connectivity index (χ2v) is 6.40. The molecule has 118 valence electrons. The van der Waals surface area contributed by atoms with Crippen molar-refractivity contribution >= 4 is 63.1 Å². The average molecular weight is 537 g/mol. The van der Waals surface area contributed by atoms with E-state index in [1.165, 1.54) is 6.21 Å². The summed E-state index contributed by atoms with van der Waals surface area (Å²) >= 11 is 4.30. The lowest BCUT2D eigenvalue weighted by Gasteiger charge is -2.09. The number of aromatic nitrogens is 2. The minimum absolute atomic E-state index is 0.112. The number of terminal acetylenes is 1. The maximum Gasteiger partial charge on any atom is 0.297 e. The monoisotopic (exact) mass is 537 g/mol. The lowest BCUT2D eigenvalue weighted by atomic mass is 10.2. The summed E-state index contributed by atoms with van der Waals surface area (Å²) in [7, 11) is 0. The number of amides is 1. The second-order valence-electron chi connectivity index (χ2n) is 4.00. The van der Waals surface area contributed by atoms with Crippen molar-refractivity contribution < 1.29 is 14.2 Å². The van der Waals surface area contributed by atoms with Crippen LogP contribution in [0, 0.1) is 19.5 Å². The lowest BCUT2D eigenvalue weighted by molar-refractivity contribution is 0.0946. The highest BCUT2D eigenvalue weighted by Gasteiger charge is 2.15. The van der Waals surface area contributed by atoms with Gasteiger partial charge in [0.2, 0.25) is 11.5 Å². The van der Waals surface area contributed by atoms with E-state index >= 15 is 0 Å². The summed E-state index contributed by atoms with van der Waals surface area (Å²) in [6, 6.07) is 3.78. The summed E-state index contributed by atoms with van der Waals surface area (Å²) in [6.45, 7) is 0.130. The van der Waals surface area contributed by atoms with Crippen molar-refractivity contribution in [1.82, 2.24) is 15.7 Å². The van der Waals surface area contributed by atoms with Crippen LogP contribution in [0.2, 0.25) is 0 Å². The first kappa shape index (κ1) is 17.5. The van der Waals surface area contributed by atoms with Gasteiger partial charge in [0.05, 0.1) is 9.78 Å². The molecule has 0 aliphatic rings. The number of ether oxygens (including phenoxy) is 1. The quantitative estimate of drug-likeness (QED) is 0.260. The number of halogens is 2. The number of carbonyl (C=O) groups excluding carboxylic acids is 1. The van der Waals surface area contributed by atoms with Crippen LogP contribution in [0.5, 0.6) is 5.75 Å². The van der Waals surface area contributed by atoms with Gasteiger partial charge in [-0.1, -0.05) is 5.92 Å². The maximum atomic E-state index is 11.8. The summed E-state index contributed by atoms with van der Waals surface area (Å²) in [6.07, 6.45) is 6.65. The van der Waals surface area contributed by atoms with E-state index in [1.807, 2.05) is 12.1 Å². The van der Waals surface area contributed by atoms with Gasteiger partial charge in [-0.25, -0.2) is 10.1 Å². The molecule has 0 aliphatic heterocycles. The van der Waals surface area contributed by atoms with E-state index < -0.39 is 5.91 Å². The molecule has 3 N–H and O–H groups in total. The zero-order valence-corrected chi connectivity index (χ0v) is 15.7. The topological polar surface area (TPSA) is 116 Å². The van der Waals surface area contributed by atoms with Crippen molar-refractivity contribution in [1.29, 1.82) is 0 Å². The Morgan fingerprint density at radius 3 is 2.96 bits per heavy atom. The molecule has 0 unspecified atom stereocenters. The molecule has 2 aromatic rings. The van der Waals surface area contributed by atoms with Gasteiger partial charge in [-0.2, -0.15) is 5.10 Å². The Balaban J connectivity index is 2.17. The van der Waals surface area contributed by atoms with Gasteiger partial charge < -0.3 is 10.5 Å². The summed E-state index contributed by atoms with van der Waals surface area (Å²) in [4.78, 5) is 11.8. The lowest BCUT2D eigenvalue weighted by Crippen LogP contribution is -2.19. The van der Waals surface area contributed by atoms with Gasteiger partial charge in [0.25, 0.3) is 5.91 Å². The van der Waals surface area contributed by atoms with Gasteiger partial charge in [0, 0.05) is 9.13 Å². The van der Waals surface area contributed by atoms with Crippen LogP contribution in [0.4, 0.5) is 5.82 Å². The van der Waals surface area contributed by atoms with Crippen LogP contribution in [0.15, 0.2) is 21.9 Å². The third-order valence-electron chi connectivity index (χ3n) is 2.44. The number of nitrogen functional groups attached to an aromatic ring is 1. The predicted octanol–water partition coefficient (Wildman–Crippen LogP) is 1.64. The molecule has 0 aliphatic carbocycles. The van der Waals surface area contributed by atoms with Crippen LogP contribution in [-0.4, -0.2) is 29.0 Å². The van der Waals surface area contributed by atoms with Gasteiger partial charge >= 0.3 is 0 Å². The number of nitrogens with one attached hydrogen (secondary N) is 1. The largest absolute Gasteiger partial charge is 0.479 e. The van der Waals surface area contributed by atoms with Crippen molar-refractivity contribution in [2.45, 2.75) is 0 Å². The van der Waals surface area contributed by atoms with Gasteiger partial charge in [0.1, 0.15) is 12.4 Å². The zero-order chi connectivity index (χ0) is 16.8. The van der Waals surface area contributed by atoms with E-state index in [4.69, 9.17) is 16.9 Å². The van der Waals surface area contributed by atoms with Crippen LogP contribution in [0.1, 0.15) is 16.1 Å². The van der Waals surface area contributed by atoms with E-state index in [1.54, 1.807) is 0 Å². The normalized spacial score (nSPS) is 10.5. The SMILES string of the molecule is C#CCOc1c(I)cc(I)cc1/C=N\NC(=O)c1nonc1N. The number of nitrogens with two attached hydrogens (primary N) is 1. The smallest absolute Gasteiger partial charge is 0.297 e. The molecule has 0 saturated carbocycles. The third kappa shape index (κ3) is 4.55. The second kappa shape index (κ2) is 8.11. The minimum atomic E-state index is -0.633. The molecule has 2 rings (SSSR count). The number of hydrazone groups is 1. The fourth-order valence-electron chi connectivity index (χ4n) is 1.51. The van der Waals surface area contributed by atoms with E-state index in [2.05, 4.69) is 76.6 Å². The molecule has 0 atom stereocenters. The molecule has 1 heterocycles.